The van der Waals surface area contributed by atoms with Crippen molar-refractivity contribution in [3.8, 4) is 0 Å². The van der Waals surface area contributed by atoms with Crippen molar-refractivity contribution in [2.45, 2.75) is 52.6 Å². The molecule has 0 saturated carbocycles. The number of aromatic nitrogens is 2. The van der Waals surface area contributed by atoms with Gasteiger partial charge >= 0.3 is 0 Å². The van der Waals surface area contributed by atoms with Crippen LogP contribution in [-0.4, -0.2) is 46.4 Å². The zero-order valence-corrected chi connectivity index (χ0v) is 15.5. The van der Waals surface area contributed by atoms with Crippen molar-refractivity contribution in [2.75, 3.05) is 20.1 Å². The SMILES string of the molecule is CCN(CC)C(C)(C)C(Cc1c(Br)c(C)nn1C)NC. The Kier molecular flexibility index (Phi) is 6.23. The quantitative estimate of drug-likeness (QED) is 0.825. The molecule has 20 heavy (non-hydrogen) atoms. The summed E-state index contributed by atoms with van der Waals surface area (Å²) in [6.07, 6.45) is 0.956. The third kappa shape index (κ3) is 3.43. The predicted octanol–water partition coefficient (Wildman–Crippen LogP) is 2.74. The maximum Gasteiger partial charge on any atom is 0.0738 e. The van der Waals surface area contributed by atoms with E-state index in [-0.39, 0.29) is 5.54 Å². The molecule has 0 fully saturated rings. The lowest BCUT2D eigenvalue weighted by molar-refractivity contribution is 0.0935. The normalized spacial score (nSPS) is 14.1. The highest BCUT2D eigenvalue weighted by Crippen LogP contribution is 2.26. The maximum absolute atomic E-state index is 4.49. The summed E-state index contributed by atoms with van der Waals surface area (Å²) in [6.45, 7) is 13.2. The summed E-state index contributed by atoms with van der Waals surface area (Å²) in [6, 6.07) is 0.369. The van der Waals surface area contributed by atoms with Gasteiger partial charge in [-0.25, -0.2) is 0 Å². The van der Waals surface area contributed by atoms with Crippen LogP contribution in [0.5, 0.6) is 0 Å². The van der Waals surface area contributed by atoms with Gasteiger partial charge in [0.15, 0.2) is 0 Å². The fourth-order valence-electron chi connectivity index (χ4n) is 3.06. The highest BCUT2D eigenvalue weighted by molar-refractivity contribution is 9.10. The van der Waals surface area contributed by atoms with Crippen LogP contribution < -0.4 is 5.32 Å². The van der Waals surface area contributed by atoms with Crippen molar-refractivity contribution in [2.24, 2.45) is 7.05 Å². The molecule has 1 aromatic rings. The first-order valence-corrected chi connectivity index (χ1v) is 8.19. The largest absolute Gasteiger partial charge is 0.315 e. The summed E-state index contributed by atoms with van der Waals surface area (Å²) in [5.41, 5.74) is 2.40. The van der Waals surface area contributed by atoms with E-state index in [1.807, 2.05) is 25.7 Å². The van der Waals surface area contributed by atoms with Crippen molar-refractivity contribution in [3.05, 3.63) is 15.9 Å². The fraction of sp³-hybridized carbons (Fsp3) is 0.800. The summed E-state index contributed by atoms with van der Waals surface area (Å²) >= 11 is 3.67. The van der Waals surface area contributed by atoms with Crippen molar-refractivity contribution >= 4 is 15.9 Å². The Balaban J connectivity index is 3.02. The van der Waals surface area contributed by atoms with Crippen LogP contribution in [0.1, 0.15) is 39.1 Å². The second-order valence-electron chi connectivity index (χ2n) is 5.84. The van der Waals surface area contributed by atoms with Gasteiger partial charge in [-0.15, -0.1) is 0 Å². The van der Waals surface area contributed by atoms with Gasteiger partial charge < -0.3 is 5.32 Å². The number of nitrogens with zero attached hydrogens (tertiary/aromatic N) is 3. The monoisotopic (exact) mass is 344 g/mol. The molecule has 0 saturated heterocycles. The smallest absolute Gasteiger partial charge is 0.0738 e. The molecular weight excluding hydrogens is 316 g/mol. The van der Waals surface area contributed by atoms with Gasteiger partial charge in [-0.1, -0.05) is 13.8 Å². The Morgan fingerprint density at radius 3 is 2.25 bits per heavy atom. The Bertz CT molecular complexity index is 435. The molecule has 1 unspecified atom stereocenters. The third-order valence-electron chi connectivity index (χ3n) is 4.44. The van der Waals surface area contributed by atoms with Gasteiger partial charge in [-0.3, -0.25) is 9.58 Å². The number of aryl methyl sites for hydroxylation is 2. The Morgan fingerprint density at radius 2 is 1.90 bits per heavy atom. The molecule has 1 atom stereocenters. The zero-order chi connectivity index (χ0) is 15.5. The number of halogens is 1. The molecule has 0 aromatic carbocycles. The van der Waals surface area contributed by atoms with Gasteiger partial charge in [0.1, 0.15) is 0 Å². The molecule has 116 valence electrons. The summed E-state index contributed by atoms with van der Waals surface area (Å²) in [5.74, 6) is 0. The number of nitrogens with one attached hydrogen (secondary N) is 1. The Morgan fingerprint density at radius 1 is 1.35 bits per heavy atom. The van der Waals surface area contributed by atoms with Crippen LogP contribution in [-0.2, 0) is 13.5 Å². The minimum absolute atomic E-state index is 0.0931. The van der Waals surface area contributed by atoms with E-state index in [4.69, 9.17) is 0 Å². The van der Waals surface area contributed by atoms with Crippen LogP contribution in [0.15, 0.2) is 4.47 Å². The first-order chi connectivity index (χ1) is 9.29. The molecule has 1 aromatic heterocycles. The second kappa shape index (κ2) is 7.05. The molecule has 0 aliphatic carbocycles. The van der Waals surface area contributed by atoms with E-state index < -0.39 is 0 Å². The molecule has 0 spiro atoms. The average molecular weight is 345 g/mol. The third-order valence-corrected chi connectivity index (χ3v) is 5.47. The second-order valence-corrected chi connectivity index (χ2v) is 6.63. The molecular formula is C15H29BrN4. The Labute approximate surface area is 132 Å². The first kappa shape index (κ1) is 17.7. The topological polar surface area (TPSA) is 33.1 Å². The van der Waals surface area contributed by atoms with E-state index >= 15 is 0 Å². The van der Waals surface area contributed by atoms with Gasteiger partial charge in [0.2, 0.25) is 0 Å². The fourth-order valence-corrected chi connectivity index (χ4v) is 3.56. The average Bonchev–Trinajstić information content (AvgIpc) is 2.62. The minimum Gasteiger partial charge on any atom is -0.315 e. The van der Waals surface area contributed by atoms with Crippen LogP contribution in [0.4, 0.5) is 0 Å². The van der Waals surface area contributed by atoms with Crippen molar-refractivity contribution in [1.82, 2.24) is 20.0 Å². The molecule has 0 radical (unpaired) electrons. The zero-order valence-electron chi connectivity index (χ0n) is 13.9. The molecule has 1 N–H and O–H groups in total. The van der Waals surface area contributed by atoms with Gasteiger partial charge in [0, 0.05) is 25.0 Å². The summed E-state index contributed by atoms with van der Waals surface area (Å²) in [4.78, 5) is 2.51. The lowest BCUT2D eigenvalue weighted by Crippen LogP contribution is -2.58. The molecule has 0 aliphatic heterocycles. The number of rotatable bonds is 7. The predicted molar refractivity (Wildman–Crippen MR) is 89.2 cm³/mol. The van der Waals surface area contributed by atoms with Gasteiger partial charge in [-0.05, 0) is 56.8 Å². The highest BCUT2D eigenvalue weighted by Gasteiger charge is 2.34. The molecule has 1 rings (SSSR count). The van der Waals surface area contributed by atoms with Crippen LogP contribution in [0, 0.1) is 6.92 Å². The van der Waals surface area contributed by atoms with Crippen LogP contribution >= 0.6 is 15.9 Å². The highest BCUT2D eigenvalue weighted by atomic mass is 79.9. The number of hydrogen-bond donors (Lipinski definition) is 1. The van der Waals surface area contributed by atoms with E-state index in [1.165, 1.54) is 5.69 Å². The molecule has 1 heterocycles. The molecule has 4 nitrogen and oxygen atoms in total. The van der Waals surface area contributed by atoms with E-state index in [1.54, 1.807) is 0 Å². The lowest BCUT2D eigenvalue weighted by atomic mass is 9.88. The van der Waals surface area contributed by atoms with Gasteiger partial charge in [0.05, 0.1) is 15.9 Å². The van der Waals surface area contributed by atoms with E-state index in [2.05, 4.69) is 58.9 Å². The maximum atomic E-state index is 4.49. The molecule has 5 heteroatoms. The first-order valence-electron chi connectivity index (χ1n) is 7.39. The molecule has 0 bridgehead atoms. The van der Waals surface area contributed by atoms with Crippen LogP contribution in [0.25, 0.3) is 0 Å². The van der Waals surface area contributed by atoms with E-state index in [9.17, 15) is 0 Å². The number of likely N-dealkylation sites (N-methyl/N-ethyl adjacent to an activating group) is 2. The van der Waals surface area contributed by atoms with E-state index in [0.717, 1.165) is 29.7 Å². The van der Waals surface area contributed by atoms with E-state index in [0.29, 0.717) is 6.04 Å². The van der Waals surface area contributed by atoms with Gasteiger partial charge in [-0.2, -0.15) is 5.10 Å². The number of hydrogen-bond acceptors (Lipinski definition) is 3. The summed E-state index contributed by atoms with van der Waals surface area (Å²) in [7, 11) is 4.07. The van der Waals surface area contributed by atoms with Crippen molar-refractivity contribution in [1.29, 1.82) is 0 Å². The van der Waals surface area contributed by atoms with Gasteiger partial charge in [0.25, 0.3) is 0 Å². The minimum atomic E-state index is 0.0931. The van der Waals surface area contributed by atoms with Crippen LogP contribution in [0.3, 0.4) is 0 Å². The van der Waals surface area contributed by atoms with Crippen molar-refractivity contribution < 1.29 is 0 Å². The standard InChI is InChI=1S/C15H29BrN4/c1-8-20(9-2)15(4,5)13(17-6)10-12-14(16)11(3)18-19(12)7/h13,17H,8-10H2,1-7H3. The van der Waals surface area contributed by atoms with Crippen LogP contribution in [0.2, 0.25) is 0 Å². The summed E-state index contributed by atoms with van der Waals surface area (Å²) < 4.78 is 3.12. The van der Waals surface area contributed by atoms with Crippen molar-refractivity contribution in [3.63, 3.8) is 0 Å². The molecule has 0 aliphatic rings. The summed E-state index contributed by atoms with van der Waals surface area (Å²) in [5, 5.41) is 7.99. The lowest BCUT2D eigenvalue weighted by Gasteiger charge is -2.43. The molecule has 0 amide bonds. The Hall–Kier alpha value is -0.390.